The fraction of sp³-hybridized carbons (Fsp3) is 0.833. The molecule has 1 aliphatic carbocycles. The van der Waals surface area contributed by atoms with Crippen LogP contribution in [0.5, 0.6) is 0 Å². The summed E-state index contributed by atoms with van der Waals surface area (Å²) in [7, 11) is 0. The molecule has 0 aromatic rings. The summed E-state index contributed by atoms with van der Waals surface area (Å²) < 4.78 is 0. The Labute approximate surface area is 87.6 Å². The van der Waals surface area contributed by atoms with Gasteiger partial charge in [-0.2, -0.15) is 0 Å². The first kappa shape index (κ1) is 11.6. The molecule has 1 fully saturated rings. The summed E-state index contributed by atoms with van der Waals surface area (Å²) in [4.78, 5) is 0. The number of terminal acetylenes is 1. The molecule has 14 heavy (non-hydrogen) atoms. The third-order valence-electron chi connectivity index (χ3n) is 3.21. The monoisotopic (exact) mass is 194 g/mol. The molecule has 1 aliphatic rings. The lowest BCUT2D eigenvalue weighted by atomic mass is 9.95. The van der Waals surface area contributed by atoms with Crippen molar-refractivity contribution >= 4 is 0 Å². The van der Waals surface area contributed by atoms with E-state index in [0.29, 0.717) is 0 Å². The van der Waals surface area contributed by atoms with Crippen LogP contribution in [0.1, 0.15) is 45.4 Å². The quantitative estimate of drug-likeness (QED) is 0.653. The summed E-state index contributed by atoms with van der Waals surface area (Å²) in [6.45, 7) is 2.88. The highest BCUT2D eigenvalue weighted by Gasteiger charge is 2.33. The van der Waals surface area contributed by atoms with E-state index >= 15 is 0 Å². The Morgan fingerprint density at radius 2 is 2.14 bits per heavy atom. The van der Waals surface area contributed by atoms with E-state index in [1.807, 2.05) is 0 Å². The van der Waals surface area contributed by atoms with E-state index < -0.39 is 0 Å². The summed E-state index contributed by atoms with van der Waals surface area (Å²) in [5.74, 6) is 2.82. The van der Waals surface area contributed by atoms with Crippen molar-refractivity contribution in [2.45, 2.75) is 57.0 Å². The molecule has 0 saturated heterocycles. The number of hydrogen-bond donors (Lipinski definition) is 2. The average Bonchev–Trinajstić information content (AvgIpc) is 2.66. The zero-order valence-electron chi connectivity index (χ0n) is 9.18. The molecule has 80 valence electrons. The maximum absolute atomic E-state index is 5.84. The predicted octanol–water partition coefficient (Wildman–Crippen LogP) is 1.65. The first-order valence-electron chi connectivity index (χ1n) is 5.70. The van der Waals surface area contributed by atoms with Gasteiger partial charge in [-0.1, -0.05) is 32.1 Å². The molecule has 0 aliphatic heterocycles. The van der Waals surface area contributed by atoms with Gasteiger partial charge in [-0.05, 0) is 19.3 Å². The topological polar surface area (TPSA) is 38.0 Å². The van der Waals surface area contributed by atoms with E-state index in [2.05, 4.69) is 18.2 Å². The van der Waals surface area contributed by atoms with E-state index in [-0.39, 0.29) is 11.6 Å². The van der Waals surface area contributed by atoms with Crippen molar-refractivity contribution in [2.75, 3.05) is 6.54 Å². The molecule has 1 rings (SSSR count). The van der Waals surface area contributed by atoms with Crippen molar-refractivity contribution in [2.24, 2.45) is 5.73 Å². The molecule has 1 unspecified atom stereocenters. The van der Waals surface area contributed by atoms with Crippen LogP contribution in [0.4, 0.5) is 0 Å². The number of nitrogens with two attached hydrogens (primary N) is 1. The van der Waals surface area contributed by atoms with Crippen LogP contribution >= 0.6 is 0 Å². The van der Waals surface area contributed by atoms with Crippen molar-refractivity contribution in [3.8, 4) is 12.3 Å². The third-order valence-corrected chi connectivity index (χ3v) is 3.21. The molecule has 3 N–H and O–H groups in total. The highest BCUT2D eigenvalue weighted by Crippen LogP contribution is 2.29. The molecular formula is C12H22N2. The van der Waals surface area contributed by atoms with Gasteiger partial charge in [-0.25, -0.2) is 0 Å². The van der Waals surface area contributed by atoms with Gasteiger partial charge in [0.15, 0.2) is 0 Å². The minimum atomic E-state index is 0.145. The average molecular weight is 194 g/mol. The minimum Gasteiger partial charge on any atom is -0.329 e. The summed E-state index contributed by atoms with van der Waals surface area (Å²) in [5.41, 5.74) is 5.98. The van der Waals surface area contributed by atoms with E-state index in [4.69, 9.17) is 12.2 Å². The molecule has 1 atom stereocenters. The Balaban J connectivity index is 2.50. The number of nitrogens with one attached hydrogen (secondary N) is 1. The van der Waals surface area contributed by atoms with Crippen LogP contribution in [-0.2, 0) is 0 Å². The van der Waals surface area contributed by atoms with Crippen LogP contribution in [0.15, 0.2) is 0 Å². The van der Waals surface area contributed by atoms with E-state index in [9.17, 15) is 0 Å². The largest absolute Gasteiger partial charge is 0.329 e. The zero-order chi connectivity index (χ0) is 10.4. The van der Waals surface area contributed by atoms with E-state index in [1.54, 1.807) is 0 Å². The standard InChI is InChI=1S/C12H22N2/c1-3-7-11(4-2)14-12(10-13)8-5-6-9-12/h2,11,14H,3,5-10,13H2,1H3. The van der Waals surface area contributed by atoms with Crippen LogP contribution in [-0.4, -0.2) is 18.1 Å². The van der Waals surface area contributed by atoms with Crippen molar-refractivity contribution in [1.82, 2.24) is 5.32 Å². The van der Waals surface area contributed by atoms with Gasteiger partial charge in [0.25, 0.3) is 0 Å². The van der Waals surface area contributed by atoms with Gasteiger partial charge in [-0.3, -0.25) is 5.32 Å². The minimum absolute atomic E-state index is 0.145. The van der Waals surface area contributed by atoms with Gasteiger partial charge in [0.05, 0.1) is 6.04 Å². The second kappa shape index (κ2) is 5.38. The number of hydrogen-bond acceptors (Lipinski definition) is 2. The highest BCUT2D eigenvalue weighted by atomic mass is 15.0. The van der Waals surface area contributed by atoms with Crippen molar-refractivity contribution in [3.05, 3.63) is 0 Å². The van der Waals surface area contributed by atoms with Crippen molar-refractivity contribution in [3.63, 3.8) is 0 Å². The van der Waals surface area contributed by atoms with Gasteiger partial charge in [-0.15, -0.1) is 6.42 Å². The summed E-state index contributed by atoms with van der Waals surface area (Å²) in [5, 5.41) is 3.57. The van der Waals surface area contributed by atoms with E-state index in [1.165, 1.54) is 25.7 Å². The molecular weight excluding hydrogens is 172 g/mol. The lowest BCUT2D eigenvalue weighted by Crippen LogP contribution is -2.53. The molecule has 2 heteroatoms. The first-order chi connectivity index (χ1) is 6.76. The van der Waals surface area contributed by atoms with Gasteiger partial charge < -0.3 is 5.73 Å². The molecule has 0 aromatic carbocycles. The van der Waals surface area contributed by atoms with Gasteiger partial charge in [0.1, 0.15) is 0 Å². The lowest BCUT2D eigenvalue weighted by Gasteiger charge is -2.32. The molecule has 1 saturated carbocycles. The summed E-state index contributed by atoms with van der Waals surface area (Å²) in [6, 6.07) is 0.210. The Hall–Kier alpha value is -0.520. The smallest absolute Gasteiger partial charge is 0.0691 e. The van der Waals surface area contributed by atoms with Crippen LogP contribution in [0.3, 0.4) is 0 Å². The van der Waals surface area contributed by atoms with Gasteiger partial charge in [0.2, 0.25) is 0 Å². The second-order valence-electron chi connectivity index (χ2n) is 4.34. The zero-order valence-corrected chi connectivity index (χ0v) is 9.18. The Bertz CT molecular complexity index is 199. The maximum Gasteiger partial charge on any atom is 0.0691 e. The molecule has 0 spiro atoms. The fourth-order valence-electron chi connectivity index (χ4n) is 2.31. The number of rotatable bonds is 5. The Morgan fingerprint density at radius 1 is 1.50 bits per heavy atom. The Kier molecular flexibility index (Phi) is 4.44. The molecule has 0 amide bonds. The third kappa shape index (κ3) is 2.73. The maximum atomic E-state index is 5.84. The van der Waals surface area contributed by atoms with E-state index in [0.717, 1.165) is 19.4 Å². The second-order valence-corrected chi connectivity index (χ2v) is 4.34. The summed E-state index contributed by atoms with van der Waals surface area (Å²) >= 11 is 0. The molecule has 0 heterocycles. The molecule has 0 bridgehead atoms. The SMILES string of the molecule is C#CC(CCC)NC1(CN)CCCC1. The van der Waals surface area contributed by atoms with Gasteiger partial charge in [0, 0.05) is 12.1 Å². The van der Waals surface area contributed by atoms with Crippen LogP contribution < -0.4 is 11.1 Å². The normalized spacial score (nSPS) is 21.8. The van der Waals surface area contributed by atoms with Crippen molar-refractivity contribution < 1.29 is 0 Å². The van der Waals surface area contributed by atoms with Gasteiger partial charge >= 0.3 is 0 Å². The van der Waals surface area contributed by atoms with Crippen molar-refractivity contribution in [1.29, 1.82) is 0 Å². The highest BCUT2D eigenvalue weighted by molar-refractivity contribution is 5.05. The predicted molar refractivity (Wildman–Crippen MR) is 60.9 cm³/mol. The Morgan fingerprint density at radius 3 is 2.57 bits per heavy atom. The fourth-order valence-corrected chi connectivity index (χ4v) is 2.31. The van der Waals surface area contributed by atoms with Crippen LogP contribution in [0.25, 0.3) is 0 Å². The van der Waals surface area contributed by atoms with Crippen LogP contribution in [0.2, 0.25) is 0 Å². The molecule has 0 aromatic heterocycles. The lowest BCUT2D eigenvalue weighted by molar-refractivity contribution is 0.314. The summed E-state index contributed by atoms with van der Waals surface area (Å²) in [6.07, 6.45) is 12.6. The molecule has 2 nitrogen and oxygen atoms in total. The first-order valence-corrected chi connectivity index (χ1v) is 5.70. The van der Waals surface area contributed by atoms with Crippen LogP contribution in [0, 0.1) is 12.3 Å². The molecule has 0 radical (unpaired) electrons.